The van der Waals surface area contributed by atoms with Crippen LogP contribution in [0, 0.1) is 5.92 Å². The van der Waals surface area contributed by atoms with Crippen molar-refractivity contribution in [3.05, 3.63) is 18.0 Å². The summed E-state index contributed by atoms with van der Waals surface area (Å²) >= 11 is 5.55. The second-order valence-electron chi connectivity index (χ2n) is 5.10. The largest absolute Gasteiger partial charge is 0.364 e. The molecule has 0 aliphatic heterocycles. The quantitative estimate of drug-likeness (QED) is 0.785. The van der Waals surface area contributed by atoms with E-state index >= 15 is 0 Å². The van der Waals surface area contributed by atoms with Crippen LogP contribution in [0.2, 0.25) is 0 Å². The summed E-state index contributed by atoms with van der Waals surface area (Å²) in [5.41, 5.74) is 0.530. The standard InChI is InChI=1S/C13H17ClF2N2O2/c14-7-12(19)18(9-11-4-6-20-17-11)8-10-3-1-2-5-13(10,15)16/h4,6,10H,1-3,5,7-9H2. The summed E-state index contributed by atoms with van der Waals surface area (Å²) in [5.74, 6) is -4.12. The third-order valence-electron chi connectivity index (χ3n) is 3.66. The maximum atomic E-state index is 13.9. The topological polar surface area (TPSA) is 46.3 Å². The molecule has 4 nitrogen and oxygen atoms in total. The van der Waals surface area contributed by atoms with Gasteiger partial charge in [-0.3, -0.25) is 4.79 Å². The van der Waals surface area contributed by atoms with E-state index in [1.165, 1.54) is 11.2 Å². The highest BCUT2D eigenvalue weighted by Gasteiger charge is 2.42. The van der Waals surface area contributed by atoms with Crippen molar-refractivity contribution in [2.45, 2.75) is 38.2 Å². The molecule has 112 valence electrons. The van der Waals surface area contributed by atoms with Crippen LogP contribution in [0.4, 0.5) is 8.78 Å². The number of carbonyl (C=O) groups is 1. The number of rotatable bonds is 5. The van der Waals surface area contributed by atoms with Crippen molar-refractivity contribution in [2.75, 3.05) is 12.4 Å². The van der Waals surface area contributed by atoms with Crippen molar-refractivity contribution in [1.82, 2.24) is 10.1 Å². The highest BCUT2D eigenvalue weighted by Crippen LogP contribution is 2.38. The van der Waals surface area contributed by atoms with Gasteiger partial charge in [0.2, 0.25) is 5.91 Å². The predicted octanol–water partition coefficient (Wildman–Crippen LogP) is 3.07. The Hall–Kier alpha value is -1.17. The summed E-state index contributed by atoms with van der Waals surface area (Å²) in [4.78, 5) is 13.2. The first-order valence-electron chi connectivity index (χ1n) is 6.64. The monoisotopic (exact) mass is 306 g/mol. The van der Waals surface area contributed by atoms with E-state index in [4.69, 9.17) is 16.1 Å². The Balaban J connectivity index is 2.05. The van der Waals surface area contributed by atoms with E-state index in [0.29, 0.717) is 18.5 Å². The van der Waals surface area contributed by atoms with Crippen LogP contribution >= 0.6 is 11.6 Å². The molecular weight excluding hydrogens is 290 g/mol. The molecule has 0 spiro atoms. The second-order valence-corrected chi connectivity index (χ2v) is 5.37. The van der Waals surface area contributed by atoms with Crippen molar-refractivity contribution >= 4 is 17.5 Å². The van der Waals surface area contributed by atoms with Gasteiger partial charge in [-0.25, -0.2) is 8.78 Å². The van der Waals surface area contributed by atoms with Crippen molar-refractivity contribution in [3.8, 4) is 0 Å². The number of amides is 1. The smallest absolute Gasteiger partial charge is 0.252 e. The van der Waals surface area contributed by atoms with Gasteiger partial charge in [0.15, 0.2) is 0 Å². The molecule has 0 bridgehead atoms. The fourth-order valence-corrected chi connectivity index (χ4v) is 2.68. The van der Waals surface area contributed by atoms with Crippen LogP contribution in [0.25, 0.3) is 0 Å². The van der Waals surface area contributed by atoms with Gasteiger partial charge < -0.3 is 9.42 Å². The molecule has 1 aliphatic carbocycles. The normalized spacial score (nSPS) is 21.6. The van der Waals surface area contributed by atoms with Gasteiger partial charge in [-0.15, -0.1) is 11.6 Å². The van der Waals surface area contributed by atoms with E-state index in [1.54, 1.807) is 6.07 Å². The molecular formula is C13H17ClF2N2O2. The van der Waals surface area contributed by atoms with Crippen molar-refractivity contribution in [1.29, 1.82) is 0 Å². The molecule has 1 aliphatic rings. The van der Waals surface area contributed by atoms with Crippen molar-refractivity contribution < 1.29 is 18.1 Å². The maximum absolute atomic E-state index is 13.9. The third kappa shape index (κ3) is 3.69. The molecule has 1 heterocycles. The Morgan fingerprint density at radius 1 is 1.55 bits per heavy atom. The first kappa shape index (κ1) is 15.2. The van der Waals surface area contributed by atoms with Crippen molar-refractivity contribution in [3.63, 3.8) is 0 Å². The fraction of sp³-hybridized carbons (Fsp3) is 0.692. The number of aromatic nitrogens is 1. The summed E-state index contributed by atoms with van der Waals surface area (Å²) in [5, 5.41) is 3.70. The number of hydrogen-bond donors (Lipinski definition) is 0. The lowest BCUT2D eigenvalue weighted by Gasteiger charge is -2.35. The van der Waals surface area contributed by atoms with E-state index < -0.39 is 11.8 Å². The fourth-order valence-electron chi connectivity index (χ4n) is 2.51. The molecule has 20 heavy (non-hydrogen) atoms. The Labute approximate surface area is 121 Å². The van der Waals surface area contributed by atoms with E-state index in [1.807, 2.05) is 0 Å². The van der Waals surface area contributed by atoms with Gasteiger partial charge in [-0.05, 0) is 12.8 Å². The van der Waals surface area contributed by atoms with Crippen molar-refractivity contribution in [2.24, 2.45) is 5.92 Å². The van der Waals surface area contributed by atoms with Crippen LogP contribution in [0.15, 0.2) is 16.9 Å². The Bertz CT molecular complexity index is 440. The van der Waals surface area contributed by atoms with E-state index in [2.05, 4.69) is 5.16 Å². The molecule has 1 aromatic rings. The average molecular weight is 307 g/mol. The molecule has 1 fully saturated rings. The van der Waals surface area contributed by atoms with Crippen LogP contribution in [0.5, 0.6) is 0 Å². The summed E-state index contributed by atoms with van der Waals surface area (Å²) in [7, 11) is 0. The van der Waals surface area contributed by atoms with Crippen LogP contribution in [0.3, 0.4) is 0 Å². The van der Waals surface area contributed by atoms with Crippen LogP contribution in [-0.4, -0.2) is 34.3 Å². The van der Waals surface area contributed by atoms with E-state index in [0.717, 1.165) is 6.42 Å². The zero-order chi connectivity index (χ0) is 14.6. The molecule has 0 N–H and O–H groups in total. The highest BCUT2D eigenvalue weighted by atomic mass is 35.5. The van der Waals surface area contributed by atoms with Gasteiger partial charge in [0, 0.05) is 24.9 Å². The van der Waals surface area contributed by atoms with Gasteiger partial charge in [0.05, 0.1) is 6.54 Å². The van der Waals surface area contributed by atoms with Gasteiger partial charge in [-0.2, -0.15) is 0 Å². The molecule has 0 radical (unpaired) electrons. The molecule has 1 unspecified atom stereocenters. The minimum atomic E-state index is -2.72. The summed E-state index contributed by atoms with van der Waals surface area (Å²) in [6, 6.07) is 1.60. The molecule has 0 aromatic carbocycles. The maximum Gasteiger partial charge on any atom is 0.252 e. The summed E-state index contributed by atoms with van der Waals surface area (Å²) in [6.45, 7) is 0.153. The molecule has 1 amide bonds. The number of alkyl halides is 3. The van der Waals surface area contributed by atoms with Gasteiger partial charge in [-0.1, -0.05) is 11.6 Å². The second kappa shape index (κ2) is 6.52. The number of carbonyl (C=O) groups excluding carboxylic acids is 1. The lowest BCUT2D eigenvalue weighted by molar-refractivity contribution is -0.135. The lowest BCUT2D eigenvalue weighted by Crippen LogP contribution is -2.43. The number of nitrogens with zero attached hydrogens (tertiary/aromatic N) is 2. The molecule has 1 atom stereocenters. The number of hydrogen-bond acceptors (Lipinski definition) is 3. The summed E-state index contributed by atoms with van der Waals surface area (Å²) in [6.07, 6.45) is 3.01. The Morgan fingerprint density at radius 2 is 2.35 bits per heavy atom. The van der Waals surface area contributed by atoms with Gasteiger partial charge in [0.1, 0.15) is 17.8 Å². The minimum Gasteiger partial charge on any atom is -0.364 e. The lowest BCUT2D eigenvalue weighted by atomic mass is 9.85. The minimum absolute atomic E-state index is 0.00537. The van der Waals surface area contributed by atoms with E-state index in [9.17, 15) is 13.6 Å². The molecule has 0 saturated heterocycles. The first-order valence-corrected chi connectivity index (χ1v) is 7.17. The molecule has 1 aromatic heterocycles. The van der Waals surface area contributed by atoms with Gasteiger partial charge in [0.25, 0.3) is 5.92 Å². The first-order chi connectivity index (χ1) is 9.53. The average Bonchev–Trinajstić information content (AvgIpc) is 2.92. The zero-order valence-electron chi connectivity index (χ0n) is 11.0. The summed E-state index contributed by atoms with van der Waals surface area (Å²) < 4.78 is 32.4. The zero-order valence-corrected chi connectivity index (χ0v) is 11.8. The molecule has 2 rings (SSSR count). The third-order valence-corrected chi connectivity index (χ3v) is 3.89. The van der Waals surface area contributed by atoms with Crippen LogP contribution in [0.1, 0.15) is 31.4 Å². The Morgan fingerprint density at radius 3 is 2.95 bits per heavy atom. The van der Waals surface area contributed by atoms with E-state index in [-0.39, 0.29) is 31.3 Å². The van der Waals surface area contributed by atoms with Crippen LogP contribution < -0.4 is 0 Å². The SMILES string of the molecule is O=C(CCl)N(Cc1ccon1)CC1CCCCC1(F)F. The predicted molar refractivity (Wildman–Crippen MR) is 69.5 cm³/mol. The molecule has 1 saturated carbocycles. The molecule has 7 heteroatoms. The van der Waals surface area contributed by atoms with Gasteiger partial charge >= 0.3 is 0 Å². The Kier molecular flexibility index (Phi) is 4.96. The van der Waals surface area contributed by atoms with Crippen LogP contribution in [-0.2, 0) is 11.3 Å². The number of halogens is 3. The highest BCUT2D eigenvalue weighted by molar-refractivity contribution is 6.27.